The first-order chi connectivity index (χ1) is 4.31. The van der Waals surface area contributed by atoms with Crippen LogP contribution in [-0.2, 0) is 0 Å². The topological polar surface area (TPSA) is 20.2 Å². The van der Waals surface area contributed by atoms with Gasteiger partial charge in [-0.1, -0.05) is 13.2 Å². The predicted molar refractivity (Wildman–Crippen MR) is 22.0 cm³/mol. The summed E-state index contributed by atoms with van der Waals surface area (Å²) >= 11 is 0. The Morgan fingerprint density at radius 3 is 3.20 bits per heavy atom. The summed E-state index contributed by atoms with van der Waals surface area (Å²) in [6.07, 6.45) is -2.61. The van der Waals surface area contributed by atoms with E-state index in [0.29, 0.717) is 0 Å². The molecule has 0 rings (SSSR count). The summed E-state index contributed by atoms with van der Waals surface area (Å²) < 4.78 is 33.9. The van der Waals surface area contributed by atoms with Gasteiger partial charge in [-0.05, 0) is 6.42 Å². The molecule has 0 aliphatic rings. The van der Waals surface area contributed by atoms with E-state index >= 15 is 0 Å². The molecule has 0 amide bonds. The average Bonchev–Trinajstić information content (AvgIpc) is 1.61. The SMILES string of the molecule is [2H]C([2H])([2H])C([2H])([2H])CCO. The minimum atomic E-state index is -2.63. The van der Waals surface area contributed by atoms with Gasteiger partial charge in [-0.3, -0.25) is 0 Å². The van der Waals surface area contributed by atoms with E-state index in [4.69, 9.17) is 12.0 Å². The molecule has 0 aromatic heterocycles. The van der Waals surface area contributed by atoms with Gasteiger partial charge in [0, 0.05) is 13.5 Å². The van der Waals surface area contributed by atoms with E-state index in [2.05, 4.69) is 0 Å². The number of aliphatic hydroxyl groups excluding tert-OH is 1. The van der Waals surface area contributed by atoms with Crippen LogP contribution in [0.4, 0.5) is 0 Å². The molecule has 5 heavy (non-hydrogen) atoms. The Hall–Kier alpha value is -0.0400. The van der Waals surface area contributed by atoms with Crippen LogP contribution in [0.1, 0.15) is 26.5 Å². The molecular formula is C4H10O. The second-order valence-electron chi connectivity index (χ2n) is 0.650. The van der Waals surface area contributed by atoms with E-state index in [-0.39, 0.29) is 6.42 Å². The highest BCUT2D eigenvalue weighted by Crippen LogP contribution is 1.78. The normalized spacial score (nSPS) is 28.6. The van der Waals surface area contributed by atoms with Gasteiger partial charge in [-0.15, -0.1) is 0 Å². The second kappa shape index (κ2) is 3.96. The maximum atomic E-state index is 8.28. The summed E-state index contributed by atoms with van der Waals surface area (Å²) in [7, 11) is 0. The lowest BCUT2D eigenvalue weighted by Crippen LogP contribution is -1.75. The number of rotatable bonds is 2. The summed E-state index contributed by atoms with van der Waals surface area (Å²) in [6, 6.07) is 0. The van der Waals surface area contributed by atoms with Crippen LogP contribution in [0.5, 0.6) is 0 Å². The van der Waals surface area contributed by atoms with Crippen molar-refractivity contribution in [3.8, 4) is 0 Å². The Labute approximate surface area is 39.7 Å². The van der Waals surface area contributed by atoms with Gasteiger partial charge in [-0.25, -0.2) is 0 Å². The highest BCUT2D eigenvalue weighted by atomic mass is 16.2. The summed E-state index contributed by atoms with van der Waals surface area (Å²) in [5.41, 5.74) is 0. The molecule has 0 radical (unpaired) electrons. The maximum absolute atomic E-state index is 8.28. The molecule has 0 unspecified atom stereocenters. The van der Waals surface area contributed by atoms with Crippen LogP contribution < -0.4 is 0 Å². The first-order valence-electron chi connectivity index (χ1n) is 3.92. The predicted octanol–water partition coefficient (Wildman–Crippen LogP) is 0.779. The molecule has 0 saturated carbocycles. The van der Waals surface area contributed by atoms with Crippen LogP contribution in [0.15, 0.2) is 0 Å². The fraction of sp³-hybridized carbons (Fsp3) is 1.00. The first kappa shape index (κ1) is 0.969. The molecule has 1 nitrogen and oxygen atoms in total. The van der Waals surface area contributed by atoms with E-state index < -0.39 is 19.8 Å². The van der Waals surface area contributed by atoms with Gasteiger partial charge in [0.25, 0.3) is 0 Å². The van der Waals surface area contributed by atoms with Crippen molar-refractivity contribution >= 4 is 0 Å². The van der Waals surface area contributed by atoms with Crippen LogP contribution in [0.2, 0.25) is 0 Å². The van der Waals surface area contributed by atoms with Crippen molar-refractivity contribution in [1.29, 1.82) is 0 Å². The lowest BCUT2D eigenvalue weighted by Gasteiger charge is -1.79. The monoisotopic (exact) mass is 79.1 g/mol. The molecule has 32 valence electrons. The molecule has 0 bridgehead atoms. The van der Waals surface area contributed by atoms with Gasteiger partial charge < -0.3 is 5.11 Å². The highest BCUT2D eigenvalue weighted by molar-refractivity contribution is 4.23. The van der Waals surface area contributed by atoms with E-state index in [1.54, 1.807) is 0 Å². The fourth-order valence-electron chi connectivity index (χ4n) is 0.0559. The summed E-state index contributed by atoms with van der Waals surface area (Å²) in [4.78, 5) is 0. The van der Waals surface area contributed by atoms with Crippen molar-refractivity contribution in [1.82, 2.24) is 0 Å². The molecule has 0 saturated heterocycles. The largest absolute Gasteiger partial charge is 0.396 e. The van der Waals surface area contributed by atoms with Gasteiger partial charge in [0.1, 0.15) is 0 Å². The minimum Gasteiger partial charge on any atom is -0.396 e. The Kier molecular flexibility index (Phi) is 0.767. The Balaban J connectivity index is 4.10. The smallest absolute Gasteiger partial charge is 0.0430 e. The number of hydrogen-bond donors (Lipinski definition) is 1. The van der Waals surface area contributed by atoms with Gasteiger partial charge in [0.05, 0.1) is 0 Å². The molecule has 1 N–H and O–H groups in total. The molecular weight excluding hydrogens is 64.0 g/mol. The van der Waals surface area contributed by atoms with Crippen LogP contribution in [0.25, 0.3) is 0 Å². The van der Waals surface area contributed by atoms with E-state index in [1.165, 1.54) is 0 Å². The quantitative estimate of drug-likeness (QED) is 0.518. The third-order valence-corrected chi connectivity index (χ3v) is 0.237. The van der Waals surface area contributed by atoms with Crippen molar-refractivity contribution in [2.45, 2.75) is 19.6 Å². The molecule has 0 heterocycles. The van der Waals surface area contributed by atoms with Crippen molar-refractivity contribution in [3.63, 3.8) is 0 Å². The standard InChI is InChI=1S/C4H10O/c1-2-3-4-5/h5H,2-4H2,1H3/i1D3,2D2. The van der Waals surface area contributed by atoms with Crippen LogP contribution >= 0.6 is 0 Å². The summed E-state index contributed by atoms with van der Waals surface area (Å²) in [6.45, 7) is -3.07. The van der Waals surface area contributed by atoms with Gasteiger partial charge in [-0.2, -0.15) is 0 Å². The van der Waals surface area contributed by atoms with Crippen molar-refractivity contribution in [2.75, 3.05) is 6.61 Å². The van der Waals surface area contributed by atoms with Gasteiger partial charge in [0.15, 0.2) is 0 Å². The Morgan fingerprint density at radius 2 is 3.00 bits per heavy atom. The van der Waals surface area contributed by atoms with Gasteiger partial charge in [0.2, 0.25) is 0 Å². The first-order valence-corrected chi connectivity index (χ1v) is 1.42. The van der Waals surface area contributed by atoms with Gasteiger partial charge >= 0.3 is 0 Å². The average molecular weight is 79.2 g/mol. The molecule has 0 atom stereocenters. The Bertz CT molecular complexity index is 107. The summed E-state index contributed by atoms with van der Waals surface area (Å²) in [5, 5.41) is 8.28. The molecule has 0 spiro atoms. The lowest BCUT2D eigenvalue weighted by molar-refractivity contribution is 0.287. The lowest BCUT2D eigenvalue weighted by atomic mass is 10.4. The molecule has 0 aromatic carbocycles. The minimum absolute atomic E-state index is 0.344. The van der Waals surface area contributed by atoms with E-state index in [9.17, 15) is 0 Å². The molecule has 0 fully saturated rings. The molecule has 0 aliphatic carbocycles. The van der Waals surface area contributed by atoms with Crippen molar-refractivity contribution in [2.24, 2.45) is 0 Å². The van der Waals surface area contributed by atoms with E-state index in [0.717, 1.165) is 0 Å². The fourth-order valence-corrected chi connectivity index (χ4v) is 0.0559. The van der Waals surface area contributed by atoms with Crippen LogP contribution in [0.3, 0.4) is 0 Å². The number of hydrogen-bond acceptors (Lipinski definition) is 1. The maximum Gasteiger partial charge on any atom is 0.0430 e. The molecule has 1 heteroatoms. The zero-order valence-electron chi connectivity index (χ0n) is 7.86. The molecule has 0 aliphatic heterocycles. The third kappa shape index (κ3) is 3.96. The number of aliphatic hydroxyl groups is 1. The summed E-state index contributed by atoms with van der Waals surface area (Å²) in [5.74, 6) is 0. The second-order valence-corrected chi connectivity index (χ2v) is 0.650. The van der Waals surface area contributed by atoms with Crippen LogP contribution in [0, 0.1) is 0 Å². The third-order valence-electron chi connectivity index (χ3n) is 0.237. The van der Waals surface area contributed by atoms with Crippen molar-refractivity contribution < 1.29 is 12.0 Å². The zero-order chi connectivity index (χ0) is 8.41. The van der Waals surface area contributed by atoms with Crippen molar-refractivity contribution in [3.05, 3.63) is 0 Å². The van der Waals surface area contributed by atoms with E-state index in [1.807, 2.05) is 0 Å². The Morgan fingerprint density at radius 1 is 2.20 bits per heavy atom. The van der Waals surface area contributed by atoms with Crippen LogP contribution in [-0.4, -0.2) is 11.7 Å². The zero-order valence-corrected chi connectivity index (χ0v) is 2.86. The molecule has 0 aromatic rings. The highest BCUT2D eigenvalue weighted by Gasteiger charge is 1.69.